The maximum Gasteiger partial charge on any atom is 0.161 e. The van der Waals surface area contributed by atoms with Gasteiger partial charge in [-0.2, -0.15) is 5.10 Å². The van der Waals surface area contributed by atoms with Crippen molar-refractivity contribution < 1.29 is 0 Å². The van der Waals surface area contributed by atoms with Crippen LogP contribution in [0.25, 0.3) is 28.1 Å². The monoisotopic (exact) mass is 407 g/mol. The molecule has 0 aliphatic carbocycles. The number of rotatable bonds is 3. The highest BCUT2D eigenvalue weighted by Gasteiger charge is 2.22. The number of hydrogen-bond donors (Lipinski definition) is 1. The first-order valence-electron chi connectivity index (χ1n) is 9.74. The summed E-state index contributed by atoms with van der Waals surface area (Å²) < 4.78 is 1.79. The number of nitrogens with zero attached hydrogens (tertiary/aromatic N) is 6. The lowest BCUT2D eigenvalue weighted by Crippen LogP contribution is -2.29. The van der Waals surface area contributed by atoms with Crippen molar-refractivity contribution in [2.24, 2.45) is 0 Å². The summed E-state index contributed by atoms with van der Waals surface area (Å²) in [5.74, 6) is 0. The zero-order chi connectivity index (χ0) is 20.1. The fourth-order valence-corrected chi connectivity index (χ4v) is 4.20. The first-order valence-corrected chi connectivity index (χ1v) is 10.1. The molecule has 0 aromatic carbocycles. The lowest BCUT2D eigenvalue weighted by molar-refractivity contribution is 0.617. The summed E-state index contributed by atoms with van der Waals surface area (Å²) in [6, 6.07) is 6.45. The molecule has 1 aliphatic rings. The number of imidazole rings is 1. The summed E-state index contributed by atoms with van der Waals surface area (Å²) in [6.45, 7) is 5.96. The number of anilines is 1. The van der Waals surface area contributed by atoms with E-state index in [0.717, 1.165) is 53.2 Å². The van der Waals surface area contributed by atoms with E-state index in [1.807, 2.05) is 45.4 Å². The highest BCUT2D eigenvalue weighted by molar-refractivity contribution is 6.35. The lowest BCUT2D eigenvalue weighted by atomic mass is 10.2. The minimum atomic E-state index is 0.512. The first kappa shape index (κ1) is 18.3. The quantitative estimate of drug-likeness (QED) is 0.561. The Labute approximate surface area is 173 Å². The maximum atomic E-state index is 6.65. The van der Waals surface area contributed by atoms with Crippen molar-refractivity contribution in [3.63, 3.8) is 0 Å². The van der Waals surface area contributed by atoms with Crippen LogP contribution in [0.15, 0.2) is 30.6 Å². The molecule has 1 fully saturated rings. The molecule has 0 radical (unpaired) electrons. The van der Waals surface area contributed by atoms with Crippen LogP contribution in [0.2, 0.25) is 5.02 Å². The van der Waals surface area contributed by atoms with Crippen LogP contribution >= 0.6 is 11.6 Å². The van der Waals surface area contributed by atoms with E-state index in [2.05, 4.69) is 31.3 Å². The molecular weight excluding hydrogens is 386 g/mol. The van der Waals surface area contributed by atoms with Gasteiger partial charge >= 0.3 is 0 Å². The standard InChI is InChI=1S/C21H22ClN7/c1-12-6-19(27-29-10-13(2)25-21(12)29)18-8-17(22)16-7-15(9-24-20(16)26-18)28-5-4-14(11-28)23-3/h6-10,14,23H,4-5,11H2,1-3H3/t14-/m1/s1. The van der Waals surface area contributed by atoms with Crippen LogP contribution in [-0.4, -0.2) is 50.7 Å². The number of fused-ring (bicyclic) bond motifs is 2. The van der Waals surface area contributed by atoms with E-state index in [0.29, 0.717) is 22.4 Å². The number of aromatic nitrogens is 5. The molecule has 1 atom stereocenters. The van der Waals surface area contributed by atoms with Gasteiger partial charge in [0.05, 0.1) is 34.5 Å². The fraction of sp³-hybridized carbons (Fsp3) is 0.333. The SMILES string of the molecule is CN[C@@H]1CCN(c2cnc3nc(-c4cc(C)c5nc(C)cn5n4)cc(Cl)c3c2)C1. The van der Waals surface area contributed by atoms with Gasteiger partial charge in [-0.25, -0.2) is 19.5 Å². The van der Waals surface area contributed by atoms with Crippen molar-refractivity contribution in [3.8, 4) is 11.4 Å². The number of hydrogen-bond acceptors (Lipinski definition) is 6. The average Bonchev–Trinajstić information content (AvgIpc) is 3.34. The molecule has 148 valence electrons. The van der Waals surface area contributed by atoms with E-state index >= 15 is 0 Å². The molecule has 1 aliphatic heterocycles. The third-order valence-electron chi connectivity index (χ3n) is 5.55. The normalized spacial score (nSPS) is 17.0. The summed E-state index contributed by atoms with van der Waals surface area (Å²) in [5.41, 5.74) is 5.98. The van der Waals surface area contributed by atoms with Crippen molar-refractivity contribution in [1.29, 1.82) is 0 Å². The Morgan fingerprint density at radius 2 is 2.00 bits per heavy atom. The molecule has 4 aromatic rings. The number of aryl methyl sites for hydroxylation is 2. The average molecular weight is 408 g/mol. The van der Waals surface area contributed by atoms with Gasteiger partial charge in [-0.05, 0) is 51.1 Å². The highest BCUT2D eigenvalue weighted by atomic mass is 35.5. The summed E-state index contributed by atoms with van der Waals surface area (Å²) in [7, 11) is 2.01. The number of nitrogens with one attached hydrogen (secondary N) is 1. The molecule has 0 amide bonds. The molecule has 0 bridgehead atoms. The predicted octanol–water partition coefficient (Wildman–Crippen LogP) is 3.41. The van der Waals surface area contributed by atoms with Crippen molar-refractivity contribution in [3.05, 3.63) is 46.9 Å². The summed E-state index contributed by atoms with van der Waals surface area (Å²) >= 11 is 6.65. The minimum absolute atomic E-state index is 0.512. The zero-order valence-corrected chi connectivity index (χ0v) is 17.4. The van der Waals surface area contributed by atoms with E-state index in [4.69, 9.17) is 16.6 Å². The highest BCUT2D eigenvalue weighted by Crippen LogP contribution is 2.30. The largest absolute Gasteiger partial charge is 0.369 e. The van der Waals surface area contributed by atoms with Crippen molar-refractivity contribution in [2.75, 3.05) is 25.0 Å². The van der Waals surface area contributed by atoms with E-state index in [1.54, 1.807) is 4.52 Å². The Bertz CT molecular complexity index is 1230. The van der Waals surface area contributed by atoms with Gasteiger partial charge in [0.1, 0.15) is 5.69 Å². The van der Waals surface area contributed by atoms with Gasteiger partial charge in [0.25, 0.3) is 0 Å². The second-order valence-corrected chi connectivity index (χ2v) is 8.04. The van der Waals surface area contributed by atoms with Crippen LogP contribution in [0.3, 0.4) is 0 Å². The van der Waals surface area contributed by atoms with E-state index in [9.17, 15) is 0 Å². The van der Waals surface area contributed by atoms with Gasteiger partial charge in [0.15, 0.2) is 11.3 Å². The molecule has 5 heterocycles. The minimum Gasteiger partial charge on any atom is -0.369 e. The molecule has 1 saturated heterocycles. The molecule has 4 aromatic heterocycles. The van der Waals surface area contributed by atoms with E-state index in [-0.39, 0.29) is 0 Å². The predicted molar refractivity (Wildman–Crippen MR) is 116 cm³/mol. The topological polar surface area (TPSA) is 71.2 Å². The van der Waals surface area contributed by atoms with Crippen LogP contribution in [0.1, 0.15) is 17.7 Å². The Hall–Kier alpha value is -2.77. The molecule has 0 saturated carbocycles. The summed E-state index contributed by atoms with van der Waals surface area (Å²) in [4.78, 5) is 16.2. The Morgan fingerprint density at radius 3 is 2.79 bits per heavy atom. The number of pyridine rings is 2. The summed E-state index contributed by atoms with van der Waals surface area (Å²) in [6.07, 6.45) is 4.92. The van der Waals surface area contributed by atoms with Gasteiger partial charge in [0, 0.05) is 24.5 Å². The zero-order valence-electron chi connectivity index (χ0n) is 16.6. The Balaban J connectivity index is 1.56. The smallest absolute Gasteiger partial charge is 0.161 e. The first-order chi connectivity index (χ1) is 14.0. The fourth-order valence-electron chi connectivity index (χ4n) is 3.96. The Kier molecular flexibility index (Phi) is 4.37. The van der Waals surface area contributed by atoms with Gasteiger partial charge < -0.3 is 10.2 Å². The van der Waals surface area contributed by atoms with E-state index < -0.39 is 0 Å². The molecule has 0 unspecified atom stereocenters. The Morgan fingerprint density at radius 1 is 1.14 bits per heavy atom. The van der Waals surface area contributed by atoms with Crippen LogP contribution < -0.4 is 10.2 Å². The third kappa shape index (κ3) is 3.20. The van der Waals surface area contributed by atoms with Gasteiger partial charge in [0.2, 0.25) is 0 Å². The number of likely N-dealkylation sites (N-methyl/N-ethyl adjacent to an activating group) is 1. The van der Waals surface area contributed by atoms with Crippen molar-refractivity contribution in [2.45, 2.75) is 26.3 Å². The maximum absolute atomic E-state index is 6.65. The van der Waals surface area contributed by atoms with Gasteiger partial charge in [-0.15, -0.1) is 0 Å². The van der Waals surface area contributed by atoms with Crippen molar-refractivity contribution >= 4 is 34.0 Å². The molecule has 1 N–H and O–H groups in total. The number of halogens is 1. The van der Waals surface area contributed by atoms with E-state index in [1.165, 1.54) is 0 Å². The van der Waals surface area contributed by atoms with Gasteiger partial charge in [-0.1, -0.05) is 11.6 Å². The second kappa shape index (κ2) is 6.93. The third-order valence-corrected chi connectivity index (χ3v) is 5.87. The molecule has 7 nitrogen and oxygen atoms in total. The summed E-state index contributed by atoms with van der Waals surface area (Å²) in [5, 5.41) is 9.49. The molecule has 0 spiro atoms. The van der Waals surface area contributed by atoms with Crippen LogP contribution in [0.5, 0.6) is 0 Å². The second-order valence-electron chi connectivity index (χ2n) is 7.64. The molecule has 8 heteroatoms. The van der Waals surface area contributed by atoms with Crippen LogP contribution in [0.4, 0.5) is 5.69 Å². The van der Waals surface area contributed by atoms with Gasteiger partial charge in [-0.3, -0.25) is 0 Å². The lowest BCUT2D eigenvalue weighted by Gasteiger charge is -2.18. The van der Waals surface area contributed by atoms with Crippen LogP contribution in [0, 0.1) is 13.8 Å². The van der Waals surface area contributed by atoms with Crippen molar-refractivity contribution in [1.82, 2.24) is 29.9 Å². The molecule has 29 heavy (non-hydrogen) atoms. The molecule has 5 rings (SSSR count). The molecular formula is C21H22ClN7. The van der Waals surface area contributed by atoms with Crippen LogP contribution in [-0.2, 0) is 0 Å².